The number of aliphatic hydroxyl groups is 11. The molecule has 1 amide bonds. The number of amides is 1. The van der Waals surface area contributed by atoms with E-state index in [1.165, 1.54) is 109 Å². The molecule has 3 saturated heterocycles. The van der Waals surface area contributed by atoms with Gasteiger partial charge >= 0.3 is 0 Å². The maximum atomic E-state index is 13.3. The van der Waals surface area contributed by atoms with Crippen LogP contribution in [0.4, 0.5) is 0 Å². The zero-order chi connectivity index (χ0) is 55.5. The first-order chi connectivity index (χ1) is 36.8. The topological polar surface area (TPSA) is 307 Å². The predicted octanol–water partition coefficient (Wildman–Crippen LogP) is 4.54. The van der Waals surface area contributed by atoms with Gasteiger partial charge in [-0.25, -0.2) is 0 Å². The van der Waals surface area contributed by atoms with Gasteiger partial charge in [-0.3, -0.25) is 4.79 Å². The normalized spacial score (nSPS) is 31.2. The molecule has 0 aliphatic carbocycles. The van der Waals surface area contributed by atoms with Gasteiger partial charge in [-0.15, -0.1) is 0 Å². The summed E-state index contributed by atoms with van der Waals surface area (Å²) in [5.41, 5.74) is 0. The Morgan fingerprint density at radius 2 is 0.842 bits per heavy atom. The van der Waals surface area contributed by atoms with Crippen molar-refractivity contribution in [3.63, 3.8) is 0 Å². The van der Waals surface area contributed by atoms with Crippen molar-refractivity contribution in [1.82, 2.24) is 5.32 Å². The minimum Gasteiger partial charge on any atom is -0.394 e. The van der Waals surface area contributed by atoms with Crippen molar-refractivity contribution in [2.24, 2.45) is 0 Å². The van der Waals surface area contributed by atoms with Crippen molar-refractivity contribution < 1.29 is 89.4 Å². The number of hydrogen-bond donors (Lipinski definition) is 12. The Bertz CT molecular complexity index is 1540. The van der Waals surface area contributed by atoms with Gasteiger partial charge in [-0.2, -0.15) is 0 Å². The highest BCUT2D eigenvalue weighted by Gasteiger charge is 2.53. The van der Waals surface area contributed by atoms with E-state index >= 15 is 0 Å². The molecule has 3 rings (SSSR count). The van der Waals surface area contributed by atoms with Crippen molar-refractivity contribution in [3.05, 3.63) is 36.5 Å². The first-order valence-electron chi connectivity index (χ1n) is 29.2. The molecule has 444 valence electrons. The zero-order valence-corrected chi connectivity index (χ0v) is 46.0. The molecule has 19 heteroatoms. The van der Waals surface area contributed by atoms with Gasteiger partial charge in [0.1, 0.15) is 73.2 Å². The molecule has 3 aliphatic rings. The van der Waals surface area contributed by atoms with E-state index in [0.29, 0.717) is 12.8 Å². The molecule has 19 nitrogen and oxygen atoms in total. The van der Waals surface area contributed by atoms with E-state index < -0.39 is 124 Å². The Morgan fingerprint density at radius 1 is 0.461 bits per heavy atom. The largest absolute Gasteiger partial charge is 0.394 e. The maximum Gasteiger partial charge on any atom is 0.220 e. The van der Waals surface area contributed by atoms with Crippen LogP contribution < -0.4 is 5.32 Å². The van der Waals surface area contributed by atoms with Gasteiger partial charge in [-0.05, 0) is 44.9 Å². The molecule has 0 aromatic heterocycles. The fraction of sp³-hybridized carbons (Fsp3) is 0.877. The summed E-state index contributed by atoms with van der Waals surface area (Å²) < 4.78 is 34.2. The molecular formula is C57H103NO18. The third-order valence-electron chi connectivity index (χ3n) is 14.7. The van der Waals surface area contributed by atoms with E-state index in [1.807, 2.05) is 6.08 Å². The third-order valence-corrected chi connectivity index (χ3v) is 14.7. The van der Waals surface area contributed by atoms with Gasteiger partial charge < -0.3 is 89.9 Å². The van der Waals surface area contributed by atoms with Gasteiger partial charge in [0.25, 0.3) is 0 Å². The number of hydrogen-bond acceptors (Lipinski definition) is 18. The molecule has 0 radical (unpaired) electrons. The monoisotopic (exact) mass is 1090 g/mol. The van der Waals surface area contributed by atoms with Gasteiger partial charge in [0, 0.05) is 6.42 Å². The Morgan fingerprint density at radius 3 is 1.32 bits per heavy atom. The molecule has 0 aromatic rings. The fourth-order valence-corrected chi connectivity index (χ4v) is 9.81. The van der Waals surface area contributed by atoms with Crippen LogP contribution in [0.5, 0.6) is 0 Å². The van der Waals surface area contributed by atoms with E-state index in [9.17, 15) is 61.0 Å². The summed E-state index contributed by atoms with van der Waals surface area (Å²) in [5, 5.41) is 120. The van der Waals surface area contributed by atoms with Crippen LogP contribution in [0, 0.1) is 0 Å². The predicted molar refractivity (Wildman–Crippen MR) is 286 cm³/mol. The van der Waals surface area contributed by atoms with Crippen LogP contribution in [0.3, 0.4) is 0 Å². The summed E-state index contributed by atoms with van der Waals surface area (Å²) in [6, 6.07) is -0.992. The molecule has 0 bridgehead atoms. The van der Waals surface area contributed by atoms with Crippen molar-refractivity contribution >= 4 is 5.91 Å². The van der Waals surface area contributed by atoms with Crippen LogP contribution >= 0.6 is 0 Å². The molecule has 3 heterocycles. The second-order valence-electron chi connectivity index (χ2n) is 21.1. The van der Waals surface area contributed by atoms with Crippen LogP contribution in [0.1, 0.15) is 187 Å². The standard InChI is InChI=1S/C57H103NO18/c1-3-5-7-9-11-13-15-17-18-19-20-21-23-24-26-28-30-32-34-41(62)40(58-45(63)35-33-31-29-27-25-22-16-14-12-10-8-6-4-2)39-71-55-51(69)48(66)53(43(37-60)73-55)76-57-52(70)49(67)54(44(38-61)74-57)75-56-50(68)47(65)46(64)42(36-59)72-56/h19-20,24,26,32,34,40-44,46-57,59-62,64-70H,3-18,21-23,25,27-31,33,35-39H2,1-2H3,(H,58,63)/b20-19+,26-24+,34-32+. The highest BCUT2D eigenvalue weighted by molar-refractivity contribution is 5.76. The minimum atomic E-state index is -1.98. The molecule has 0 saturated carbocycles. The molecule has 76 heavy (non-hydrogen) atoms. The van der Waals surface area contributed by atoms with Crippen molar-refractivity contribution in [2.75, 3.05) is 26.4 Å². The summed E-state index contributed by atoms with van der Waals surface area (Å²) >= 11 is 0. The van der Waals surface area contributed by atoms with Crippen LogP contribution in [0.2, 0.25) is 0 Å². The average Bonchev–Trinajstić information content (AvgIpc) is 3.41. The van der Waals surface area contributed by atoms with Gasteiger partial charge in [0.15, 0.2) is 18.9 Å². The fourth-order valence-electron chi connectivity index (χ4n) is 9.81. The van der Waals surface area contributed by atoms with Crippen molar-refractivity contribution in [2.45, 2.75) is 291 Å². The second kappa shape index (κ2) is 41.1. The number of nitrogens with one attached hydrogen (secondary N) is 1. The lowest BCUT2D eigenvalue weighted by Gasteiger charge is -2.48. The van der Waals surface area contributed by atoms with E-state index in [4.69, 9.17) is 28.4 Å². The molecule has 17 atom stereocenters. The highest BCUT2D eigenvalue weighted by Crippen LogP contribution is 2.33. The Hall–Kier alpha value is -1.99. The van der Waals surface area contributed by atoms with E-state index in [0.717, 1.165) is 44.9 Å². The van der Waals surface area contributed by atoms with Crippen molar-refractivity contribution in [3.8, 4) is 0 Å². The summed E-state index contributed by atoms with van der Waals surface area (Å²) in [6.07, 6.45) is 15.6. The number of ether oxygens (including phenoxy) is 6. The molecule has 17 unspecified atom stereocenters. The maximum absolute atomic E-state index is 13.3. The Kier molecular flexibility index (Phi) is 36.9. The van der Waals surface area contributed by atoms with E-state index in [2.05, 4.69) is 43.5 Å². The summed E-state index contributed by atoms with van der Waals surface area (Å²) in [7, 11) is 0. The first kappa shape index (κ1) is 68.3. The van der Waals surface area contributed by atoms with Crippen LogP contribution in [-0.4, -0.2) is 193 Å². The Labute approximate surface area is 453 Å². The van der Waals surface area contributed by atoms with E-state index in [1.54, 1.807) is 6.08 Å². The van der Waals surface area contributed by atoms with Crippen LogP contribution in [0.15, 0.2) is 36.5 Å². The summed E-state index contributed by atoms with van der Waals surface area (Å²) in [5.74, 6) is -0.291. The lowest BCUT2D eigenvalue weighted by molar-refractivity contribution is -0.379. The number of carbonyl (C=O) groups is 1. The minimum absolute atomic E-state index is 0.234. The number of rotatable bonds is 42. The lowest BCUT2D eigenvalue weighted by atomic mass is 9.96. The molecule has 12 N–H and O–H groups in total. The van der Waals surface area contributed by atoms with Gasteiger partial charge in [0.2, 0.25) is 5.91 Å². The van der Waals surface area contributed by atoms with Crippen molar-refractivity contribution in [1.29, 1.82) is 0 Å². The van der Waals surface area contributed by atoms with E-state index in [-0.39, 0.29) is 18.9 Å². The summed E-state index contributed by atoms with van der Waals surface area (Å²) in [6.45, 7) is 1.67. The number of allylic oxidation sites excluding steroid dienone is 5. The highest BCUT2D eigenvalue weighted by atomic mass is 16.8. The Balaban J connectivity index is 1.54. The van der Waals surface area contributed by atoms with Crippen LogP contribution in [-0.2, 0) is 33.2 Å². The SMILES string of the molecule is CCCCCCCCCC/C=C/CC/C=C/CC/C=C/C(O)C(COC1OC(CO)C(OC2OC(CO)C(OC3OC(CO)C(O)C(O)C3O)C(O)C2O)C(O)C1O)NC(=O)CCCCCCCCCCCCCCC. The third kappa shape index (κ3) is 25.2. The quantitative estimate of drug-likeness (QED) is 0.0295. The number of unbranched alkanes of at least 4 members (excludes halogenated alkanes) is 22. The number of aliphatic hydroxyl groups excluding tert-OH is 11. The first-order valence-corrected chi connectivity index (χ1v) is 29.2. The number of carbonyl (C=O) groups excluding carboxylic acids is 1. The zero-order valence-electron chi connectivity index (χ0n) is 46.0. The molecule has 3 fully saturated rings. The average molecular weight is 1090 g/mol. The second-order valence-corrected chi connectivity index (χ2v) is 21.1. The van der Waals surface area contributed by atoms with Gasteiger partial charge in [0.05, 0.1) is 38.6 Å². The molecular weight excluding hydrogens is 987 g/mol. The van der Waals surface area contributed by atoms with Crippen LogP contribution in [0.25, 0.3) is 0 Å². The molecule has 3 aliphatic heterocycles. The molecule has 0 aromatic carbocycles. The molecule has 0 spiro atoms. The van der Waals surface area contributed by atoms with Gasteiger partial charge in [-0.1, -0.05) is 172 Å². The summed E-state index contributed by atoms with van der Waals surface area (Å²) in [4.78, 5) is 13.3. The lowest BCUT2D eigenvalue weighted by Crippen LogP contribution is -2.66. The smallest absolute Gasteiger partial charge is 0.220 e.